The van der Waals surface area contributed by atoms with Crippen LogP contribution in [0.2, 0.25) is 0 Å². The van der Waals surface area contributed by atoms with Gasteiger partial charge in [0.15, 0.2) is 0 Å². The molecular weight excluding hydrogens is 212 g/mol. The van der Waals surface area contributed by atoms with Gasteiger partial charge in [-0.25, -0.2) is 0 Å². The fourth-order valence-corrected chi connectivity index (χ4v) is 2.60. The second-order valence-corrected chi connectivity index (χ2v) is 4.85. The lowest BCUT2D eigenvalue weighted by atomic mass is 10.1. The van der Waals surface area contributed by atoms with E-state index < -0.39 is 0 Å². The van der Waals surface area contributed by atoms with Crippen LogP contribution in [0.1, 0.15) is 36.2 Å². The van der Waals surface area contributed by atoms with Gasteiger partial charge in [-0.1, -0.05) is 6.92 Å². The van der Waals surface area contributed by atoms with Crippen molar-refractivity contribution in [3.05, 3.63) is 29.3 Å². The first kappa shape index (κ1) is 11.7. The minimum Gasteiger partial charge on any atom is -0.367 e. The summed E-state index contributed by atoms with van der Waals surface area (Å²) in [5.74, 6) is 0.655. The summed E-state index contributed by atoms with van der Waals surface area (Å²) in [6.07, 6.45) is 1.93. The van der Waals surface area contributed by atoms with Crippen LogP contribution in [0.4, 0.5) is 5.69 Å². The highest BCUT2D eigenvalue weighted by Gasteiger charge is 2.27. The average molecular weight is 228 g/mol. The van der Waals surface area contributed by atoms with Crippen LogP contribution in [0, 0.1) is 17.2 Å². The molecule has 1 aliphatic rings. The number of nitrogens with zero attached hydrogens (tertiary/aromatic N) is 2. The molecule has 88 valence electrons. The molecule has 0 radical (unpaired) electrons. The van der Waals surface area contributed by atoms with Crippen molar-refractivity contribution in [3.8, 4) is 6.07 Å². The Bertz CT molecular complexity index is 476. The number of anilines is 1. The highest BCUT2D eigenvalue weighted by atomic mass is 16.1. The Kier molecular flexibility index (Phi) is 3.14. The molecule has 17 heavy (non-hydrogen) atoms. The maximum atomic E-state index is 10.7. The second kappa shape index (κ2) is 4.58. The number of carbonyl (C=O) groups excluding carboxylic acids is 1. The van der Waals surface area contributed by atoms with E-state index in [1.165, 1.54) is 0 Å². The van der Waals surface area contributed by atoms with Gasteiger partial charge in [0.2, 0.25) is 0 Å². The van der Waals surface area contributed by atoms with Crippen LogP contribution in [-0.2, 0) is 0 Å². The highest BCUT2D eigenvalue weighted by Crippen LogP contribution is 2.31. The summed E-state index contributed by atoms with van der Waals surface area (Å²) >= 11 is 0. The maximum Gasteiger partial charge on any atom is 0.150 e. The predicted octanol–water partition coefficient (Wildman–Crippen LogP) is 2.61. The molecule has 1 fully saturated rings. The number of carbonyl (C=O) groups is 1. The third-order valence-electron chi connectivity index (χ3n) is 3.37. The van der Waals surface area contributed by atoms with Crippen molar-refractivity contribution in [1.82, 2.24) is 0 Å². The minimum atomic E-state index is 0.458. The molecule has 1 aromatic rings. The standard InChI is InChI=1S/C14H16N2O/c1-10-5-11(2)16(8-10)14-4-3-12(9-17)6-13(14)7-15/h3-4,6,9-11H,5,8H2,1-2H3. The van der Waals surface area contributed by atoms with Gasteiger partial charge in [-0.15, -0.1) is 0 Å². The van der Waals surface area contributed by atoms with Gasteiger partial charge in [-0.3, -0.25) is 4.79 Å². The van der Waals surface area contributed by atoms with Crippen LogP contribution < -0.4 is 4.90 Å². The number of hydrogen-bond acceptors (Lipinski definition) is 3. The Morgan fingerprint density at radius 3 is 2.76 bits per heavy atom. The summed E-state index contributed by atoms with van der Waals surface area (Å²) in [7, 11) is 0. The third-order valence-corrected chi connectivity index (χ3v) is 3.37. The van der Waals surface area contributed by atoms with Gasteiger partial charge in [-0.2, -0.15) is 5.26 Å². The van der Waals surface area contributed by atoms with Crippen molar-refractivity contribution in [2.24, 2.45) is 5.92 Å². The third kappa shape index (κ3) is 2.16. The Morgan fingerprint density at radius 1 is 1.47 bits per heavy atom. The molecule has 1 aliphatic heterocycles. The van der Waals surface area contributed by atoms with Gasteiger partial charge in [0.25, 0.3) is 0 Å². The largest absolute Gasteiger partial charge is 0.367 e. The van der Waals surface area contributed by atoms with E-state index in [1.54, 1.807) is 12.1 Å². The summed E-state index contributed by atoms with van der Waals surface area (Å²) in [5, 5.41) is 9.16. The van der Waals surface area contributed by atoms with E-state index in [4.69, 9.17) is 5.26 Å². The summed E-state index contributed by atoms with van der Waals surface area (Å²) in [4.78, 5) is 13.0. The van der Waals surface area contributed by atoms with Crippen LogP contribution in [0.5, 0.6) is 0 Å². The molecule has 1 saturated heterocycles. The topological polar surface area (TPSA) is 44.1 Å². The van der Waals surface area contributed by atoms with Crippen molar-refractivity contribution in [3.63, 3.8) is 0 Å². The normalized spacial score (nSPS) is 23.5. The van der Waals surface area contributed by atoms with Crippen LogP contribution in [0.25, 0.3) is 0 Å². The molecule has 2 rings (SSSR count). The molecule has 3 nitrogen and oxygen atoms in total. The Balaban J connectivity index is 2.39. The van der Waals surface area contributed by atoms with E-state index in [9.17, 15) is 4.79 Å². The molecule has 2 atom stereocenters. The van der Waals surface area contributed by atoms with E-state index in [1.807, 2.05) is 6.07 Å². The summed E-state index contributed by atoms with van der Waals surface area (Å²) in [6.45, 7) is 5.39. The molecular formula is C14H16N2O. The lowest BCUT2D eigenvalue weighted by Gasteiger charge is -2.25. The molecule has 0 saturated carbocycles. The summed E-state index contributed by atoms with van der Waals surface area (Å²) in [6, 6.07) is 7.97. The van der Waals surface area contributed by atoms with Gasteiger partial charge in [0.05, 0.1) is 11.3 Å². The molecule has 0 spiro atoms. The Hall–Kier alpha value is -1.82. The molecule has 0 N–H and O–H groups in total. The molecule has 0 bridgehead atoms. The first-order valence-corrected chi connectivity index (χ1v) is 5.91. The minimum absolute atomic E-state index is 0.458. The van der Waals surface area contributed by atoms with E-state index in [0.717, 1.165) is 24.9 Å². The van der Waals surface area contributed by atoms with E-state index >= 15 is 0 Å². The van der Waals surface area contributed by atoms with Crippen molar-refractivity contribution in [2.45, 2.75) is 26.3 Å². The highest BCUT2D eigenvalue weighted by molar-refractivity contribution is 5.78. The maximum absolute atomic E-state index is 10.7. The lowest BCUT2D eigenvalue weighted by Crippen LogP contribution is -2.27. The molecule has 1 heterocycles. The van der Waals surface area contributed by atoms with Gasteiger partial charge in [0, 0.05) is 18.2 Å². The van der Waals surface area contributed by atoms with Gasteiger partial charge in [-0.05, 0) is 37.5 Å². The van der Waals surface area contributed by atoms with Crippen LogP contribution in [0.3, 0.4) is 0 Å². The monoisotopic (exact) mass is 228 g/mol. The van der Waals surface area contributed by atoms with Crippen molar-refractivity contribution in [1.29, 1.82) is 5.26 Å². The molecule has 0 aromatic heterocycles. The van der Waals surface area contributed by atoms with E-state index in [-0.39, 0.29) is 0 Å². The van der Waals surface area contributed by atoms with Gasteiger partial charge >= 0.3 is 0 Å². The SMILES string of the molecule is CC1CC(C)N(c2ccc(C=O)cc2C#N)C1. The molecule has 0 aliphatic carbocycles. The number of nitriles is 1. The fraction of sp³-hybridized carbons (Fsp3) is 0.429. The van der Waals surface area contributed by atoms with Crippen molar-refractivity contribution in [2.75, 3.05) is 11.4 Å². The number of aldehydes is 1. The van der Waals surface area contributed by atoms with Gasteiger partial charge in [0.1, 0.15) is 12.4 Å². The molecule has 3 heteroatoms. The molecule has 2 unspecified atom stereocenters. The zero-order valence-corrected chi connectivity index (χ0v) is 10.2. The van der Waals surface area contributed by atoms with Crippen LogP contribution in [0.15, 0.2) is 18.2 Å². The average Bonchev–Trinajstić information content (AvgIpc) is 2.67. The van der Waals surface area contributed by atoms with Crippen molar-refractivity contribution < 1.29 is 4.79 Å². The Morgan fingerprint density at radius 2 is 2.24 bits per heavy atom. The zero-order chi connectivity index (χ0) is 12.4. The molecule has 1 aromatic carbocycles. The van der Waals surface area contributed by atoms with Crippen molar-refractivity contribution >= 4 is 12.0 Å². The summed E-state index contributed by atoms with van der Waals surface area (Å²) in [5.41, 5.74) is 2.11. The number of benzene rings is 1. The lowest BCUT2D eigenvalue weighted by molar-refractivity contribution is 0.112. The van der Waals surface area contributed by atoms with Gasteiger partial charge < -0.3 is 4.90 Å². The van der Waals surface area contributed by atoms with Crippen LogP contribution in [-0.4, -0.2) is 18.9 Å². The van der Waals surface area contributed by atoms with Crippen LogP contribution >= 0.6 is 0 Å². The fourth-order valence-electron chi connectivity index (χ4n) is 2.60. The first-order chi connectivity index (χ1) is 8.15. The zero-order valence-electron chi connectivity index (χ0n) is 10.2. The predicted molar refractivity (Wildman–Crippen MR) is 67.1 cm³/mol. The summed E-state index contributed by atoms with van der Waals surface area (Å²) < 4.78 is 0. The first-order valence-electron chi connectivity index (χ1n) is 5.91. The number of hydrogen-bond donors (Lipinski definition) is 0. The smallest absolute Gasteiger partial charge is 0.150 e. The Labute approximate surface area is 102 Å². The van der Waals surface area contributed by atoms with E-state index in [0.29, 0.717) is 23.1 Å². The number of rotatable bonds is 2. The second-order valence-electron chi connectivity index (χ2n) is 4.85. The quantitative estimate of drug-likeness (QED) is 0.731. The van der Waals surface area contributed by atoms with E-state index in [2.05, 4.69) is 24.8 Å². The molecule has 0 amide bonds.